The van der Waals surface area contributed by atoms with E-state index >= 15 is 0 Å². The molecule has 0 unspecified atom stereocenters. The molecule has 0 saturated carbocycles. The predicted octanol–water partition coefficient (Wildman–Crippen LogP) is 2.96. The van der Waals surface area contributed by atoms with Crippen LogP contribution in [-0.2, 0) is 19.6 Å². The SMILES string of the molecule is COC(=O)[C@@H](Br)[C@@H](NS(=O)(=O)c1ccc(C)cc1)c1ccc(OC)cc1. The van der Waals surface area contributed by atoms with Gasteiger partial charge in [-0.2, -0.15) is 0 Å². The van der Waals surface area contributed by atoms with E-state index in [-0.39, 0.29) is 4.90 Å². The van der Waals surface area contributed by atoms with Gasteiger partial charge in [0.1, 0.15) is 10.6 Å². The molecule has 2 aromatic carbocycles. The Kier molecular flexibility index (Phi) is 6.80. The summed E-state index contributed by atoms with van der Waals surface area (Å²) in [5.74, 6) is 0.0375. The fourth-order valence-electron chi connectivity index (χ4n) is 2.31. The second-order valence-electron chi connectivity index (χ2n) is 5.61. The number of esters is 1. The van der Waals surface area contributed by atoms with Crippen molar-refractivity contribution in [2.24, 2.45) is 0 Å². The lowest BCUT2D eigenvalue weighted by molar-refractivity contribution is -0.140. The number of aryl methyl sites for hydroxylation is 1. The standard InChI is InChI=1S/C18H20BrNO5S/c1-12-4-10-15(11-5-12)26(22,23)20-17(16(19)18(21)25-3)13-6-8-14(24-2)9-7-13/h4-11,16-17,20H,1-3H3/t16-,17-/m0/s1. The molecule has 0 saturated heterocycles. The van der Waals surface area contributed by atoms with Crippen LogP contribution >= 0.6 is 15.9 Å². The van der Waals surface area contributed by atoms with E-state index in [4.69, 9.17) is 9.47 Å². The van der Waals surface area contributed by atoms with Gasteiger partial charge in [-0.15, -0.1) is 0 Å². The Hall–Kier alpha value is -1.90. The van der Waals surface area contributed by atoms with E-state index in [0.29, 0.717) is 11.3 Å². The first kappa shape index (κ1) is 20.4. The minimum atomic E-state index is -3.85. The molecule has 0 aromatic heterocycles. The Morgan fingerprint density at radius 1 is 1.04 bits per heavy atom. The number of sulfonamides is 1. The van der Waals surface area contributed by atoms with Gasteiger partial charge < -0.3 is 9.47 Å². The summed E-state index contributed by atoms with van der Waals surface area (Å²) in [6.07, 6.45) is 0. The highest BCUT2D eigenvalue weighted by molar-refractivity contribution is 9.10. The zero-order chi connectivity index (χ0) is 19.3. The van der Waals surface area contributed by atoms with E-state index < -0.39 is 26.9 Å². The monoisotopic (exact) mass is 441 g/mol. The summed E-state index contributed by atoms with van der Waals surface area (Å²) in [6.45, 7) is 1.87. The van der Waals surface area contributed by atoms with Crippen LogP contribution in [0.4, 0.5) is 0 Å². The number of benzene rings is 2. The van der Waals surface area contributed by atoms with Gasteiger partial charge in [-0.05, 0) is 36.8 Å². The Morgan fingerprint density at radius 3 is 2.12 bits per heavy atom. The van der Waals surface area contributed by atoms with Crippen LogP contribution in [0.3, 0.4) is 0 Å². The van der Waals surface area contributed by atoms with Gasteiger partial charge in [-0.3, -0.25) is 4.79 Å². The summed E-state index contributed by atoms with van der Waals surface area (Å²) in [6, 6.07) is 12.4. The number of carbonyl (C=O) groups excluding carboxylic acids is 1. The molecule has 8 heteroatoms. The predicted molar refractivity (Wildman–Crippen MR) is 102 cm³/mol. The molecule has 0 aliphatic heterocycles. The molecule has 0 fully saturated rings. The van der Waals surface area contributed by atoms with Crippen LogP contribution in [0.15, 0.2) is 53.4 Å². The lowest BCUT2D eigenvalue weighted by Gasteiger charge is -2.23. The summed E-state index contributed by atoms with van der Waals surface area (Å²) in [4.78, 5) is 11.2. The third kappa shape index (κ3) is 4.84. The Morgan fingerprint density at radius 2 is 1.62 bits per heavy atom. The summed E-state index contributed by atoms with van der Waals surface area (Å²) < 4.78 is 38.0. The molecule has 0 radical (unpaired) electrons. The molecule has 26 heavy (non-hydrogen) atoms. The number of methoxy groups -OCH3 is 2. The Balaban J connectivity index is 2.39. The van der Waals surface area contributed by atoms with Crippen LogP contribution in [0.5, 0.6) is 5.75 Å². The third-order valence-corrected chi connectivity index (χ3v) is 6.17. The minimum absolute atomic E-state index is 0.117. The smallest absolute Gasteiger partial charge is 0.321 e. The molecule has 0 bridgehead atoms. The second kappa shape index (κ2) is 8.66. The van der Waals surface area contributed by atoms with Crippen molar-refractivity contribution < 1.29 is 22.7 Å². The van der Waals surface area contributed by atoms with Crippen molar-refractivity contribution in [2.75, 3.05) is 14.2 Å². The van der Waals surface area contributed by atoms with E-state index in [9.17, 15) is 13.2 Å². The molecule has 0 aliphatic carbocycles. The van der Waals surface area contributed by atoms with Crippen LogP contribution in [-0.4, -0.2) is 33.4 Å². The molecular weight excluding hydrogens is 422 g/mol. The molecule has 140 valence electrons. The lowest BCUT2D eigenvalue weighted by Crippen LogP contribution is -2.37. The fraction of sp³-hybridized carbons (Fsp3) is 0.278. The maximum atomic E-state index is 12.8. The van der Waals surface area contributed by atoms with Crippen LogP contribution in [0.2, 0.25) is 0 Å². The van der Waals surface area contributed by atoms with E-state index in [1.54, 1.807) is 36.4 Å². The molecule has 0 heterocycles. The number of ether oxygens (including phenoxy) is 2. The van der Waals surface area contributed by atoms with Gasteiger partial charge in [0.15, 0.2) is 0 Å². The van der Waals surface area contributed by atoms with Crippen LogP contribution in [0, 0.1) is 6.92 Å². The number of carbonyl (C=O) groups is 1. The van der Waals surface area contributed by atoms with E-state index in [1.165, 1.54) is 26.4 Å². The molecule has 6 nitrogen and oxygen atoms in total. The van der Waals surface area contributed by atoms with E-state index in [2.05, 4.69) is 20.7 Å². The van der Waals surface area contributed by atoms with Gasteiger partial charge in [0, 0.05) is 0 Å². The average Bonchev–Trinajstić information content (AvgIpc) is 2.65. The van der Waals surface area contributed by atoms with Gasteiger partial charge >= 0.3 is 5.97 Å². The van der Waals surface area contributed by atoms with Crippen molar-refractivity contribution in [2.45, 2.75) is 22.7 Å². The summed E-state index contributed by atoms with van der Waals surface area (Å²) in [7, 11) is -1.06. The van der Waals surface area contributed by atoms with Gasteiger partial charge in [-0.25, -0.2) is 13.1 Å². The quantitative estimate of drug-likeness (QED) is 0.527. The van der Waals surface area contributed by atoms with E-state index in [1.807, 2.05) is 6.92 Å². The Bertz CT molecular complexity index is 850. The van der Waals surface area contributed by atoms with Crippen LogP contribution in [0.1, 0.15) is 17.2 Å². The number of halogens is 1. The molecule has 2 atom stereocenters. The van der Waals surface area contributed by atoms with Gasteiger partial charge in [0.05, 0.1) is 25.2 Å². The number of nitrogens with one attached hydrogen (secondary N) is 1. The largest absolute Gasteiger partial charge is 0.497 e. The first-order valence-corrected chi connectivity index (χ1v) is 10.1. The molecule has 1 N–H and O–H groups in total. The molecule has 0 spiro atoms. The number of rotatable bonds is 7. The Labute approximate surface area is 161 Å². The zero-order valence-corrected chi connectivity index (χ0v) is 17.0. The molecule has 2 rings (SSSR count). The van der Waals surface area contributed by atoms with Gasteiger partial charge in [0.2, 0.25) is 10.0 Å². The number of hydrogen-bond donors (Lipinski definition) is 1. The van der Waals surface area contributed by atoms with Crippen LogP contribution < -0.4 is 9.46 Å². The van der Waals surface area contributed by atoms with Crippen molar-refractivity contribution >= 4 is 31.9 Å². The molecule has 0 amide bonds. The van der Waals surface area contributed by atoms with E-state index in [0.717, 1.165) is 5.56 Å². The van der Waals surface area contributed by atoms with Gasteiger partial charge in [0.25, 0.3) is 0 Å². The average molecular weight is 442 g/mol. The maximum absolute atomic E-state index is 12.8. The first-order chi connectivity index (χ1) is 12.3. The topological polar surface area (TPSA) is 81.7 Å². The fourth-order valence-corrected chi connectivity index (χ4v) is 4.35. The van der Waals surface area contributed by atoms with Crippen molar-refractivity contribution in [3.63, 3.8) is 0 Å². The molecular formula is C18H20BrNO5S. The maximum Gasteiger partial charge on any atom is 0.321 e. The summed E-state index contributed by atoms with van der Waals surface area (Å²) >= 11 is 3.25. The van der Waals surface area contributed by atoms with Crippen molar-refractivity contribution in [1.29, 1.82) is 0 Å². The highest BCUT2D eigenvalue weighted by Gasteiger charge is 2.32. The van der Waals surface area contributed by atoms with Crippen molar-refractivity contribution in [1.82, 2.24) is 4.72 Å². The lowest BCUT2D eigenvalue weighted by atomic mass is 10.0. The molecule has 2 aromatic rings. The zero-order valence-electron chi connectivity index (χ0n) is 14.6. The summed E-state index contributed by atoms with van der Waals surface area (Å²) in [5.41, 5.74) is 1.54. The highest BCUT2D eigenvalue weighted by atomic mass is 79.9. The number of alkyl halides is 1. The third-order valence-electron chi connectivity index (χ3n) is 3.81. The minimum Gasteiger partial charge on any atom is -0.497 e. The highest BCUT2D eigenvalue weighted by Crippen LogP contribution is 2.27. The van der Waals surface area contributed by atoms with Gasteiger partial charge in [-0.1, -0.05) is 45.8 Å². The van der Waals surface area contributed by atoms with Crippen molar-refractivity contribution in [3.8, 4) is 5.75 Å². The second-order valence-corrected chi connectivity index (χ2v) is 8.31. The summed E-state index contributed by atoms with van der Waals surface area (Å²) in [5, 5.41) is 0. The number of hydrogen-bond acceptors (Lipinski definition) is 5. The normalized spacial score (nSPS) is 13.7. The molecule has 0 aliphatic rings. The van der Waals surface area contributed by atoms with Crippen molar-refractivity contribution in [3.05, 3.63) is 59.7 Å². The van der Waals surface area contributed by atoms with Crippen LogP contribution in [0.25, 0.3) is 0 Å². The first-order valence-electron chi connectivity index (χ1n) is 7.73.